The van der Waals surface area contributed by atoms with Crippen LogP contribution in [0, 0.1) is 0 Å². The summed E-state index contributed by atoms with van der Waals surface area (Å²) in [5, 5.41) is 0. The standard InChI is InChI=1S/C13H17NO3/c1-10-11(2)16-9-8-14(10)13(15)17-12-6-4-3-5-7-12/h3-7,10-11H,8-9H2,1-2H3. The number of rotatable bonds is 1. The van der Waals surface area contributed by atoms with Crippen molar-refractivity contribution in [3.8, 4) is 5.75 Å². The van der Waals surface area contributed by atoms with E-state index in [0.29, 0.717) is 18.9 Å². The molecule has 0 spiro atoms. The summed E-state index contributed by atoms with van der Waals surface area (Å²) in [7, 11) is 0. The maximum absolute atomic E-state index is 12.0. The van der Waals surface area contributed by atoms with E-state index in [0.717, 1.165) is 0 Å². The first-order valence-electron chi connectivity index (χ1n) is 5.83. The largest absolute Gasteiger partial charge is 0.415 e. The van der Waals surface area contributed by atoms with E-state index < -0.39 is 0 Å². The van der Waals surface area contributed by atoms with E-state index >= 15 is 0 Å². The number of morpholine rings is 1. The van der Waals surface area contributed by atoms with Gasteiger partial charge in [-0.3, -0.25) is 0 Å². The number of nitrogens with zero attached hydrogens (tertiary/aromatic N) is 1. The zero-order valence-electron chi connectivity index (χ0n) is 10.1. The van der Waals surface area contributed by atoms with Crippen molar-refractivity contribution >= 4 is 6.09 Å². The molecule has 1 fully saturated rings. The molecule has 2 unspecified atom stereocenters. The highest BCUT2D eigenvalue weighted by atomic mass is 16.6. The molecule has 0 N–H and O–H groups in total. The van der Waals surface area contributed by atoms with Crippen molar-refractivity contribution in [1.29, 1.82) is 0 Å². The summed E-state index contributed by atoms with van der Waals surface area (Å²) in [6.45, 7) is 5.08. The molecule has 0 radical (unpaired) electrons. The van der Waals surface area contributed by atoms with Crippen LogP contribution in [0.15, 0.2) is 30.3 Å². The molecule has 2 atom stereocenters. The lowest BCUT2D eigenvalue weighted by Crippen LogP contribution is -2.52. The third-order valence-corrected chi connectivity index (χ3v) is 3.07. The van der Waals surface area contributed by atoms with E-state index in [9.17, 15) is 4.79 Å². The normalized spacial score (nSPS) is 24.5. The fourth-order valence-corrected chi connectivity index (χ4v) is 1.84. The van der Waals surface area contributed by atoms with Crippen molar-refractivity contribution in [2.45, 2.75) is 26.0 Å². The lowest BCUT2D eigenvalue weighted by molar-refractivity contribution is -0.0442. The Labute approximate surface area is 101 Å². The van der Waals surface area contributed by atoms with Gasteiger partial charge in [0.2, 0.25) is 0 Å². The molecule has 0 bridgehead atoms. The van der Waals surface area contributed by atoms with Crippen LogP contribution in [0.1, 0.15) is 13.8 Å². The molecule has 1 heterocycles. The van der Waals surface area contributed by atoms with Gasteiger partial charge in [0.1, 0.15) is 5.75 Å². The van der Waals surface area contributed by atoms with Crippen LogP contribution in [-0.2, 0) is 4.74 Å². The fourth-order valence-electron chi connectivity index (χ4n) is 1.84. The summed E-state index contributed by atoms with van der Waals surface area (Å²) in [5.74, 6) is 0.573. The quantitative estimate of drug-likeness (QED) is 0.749. The molecule has 0 aliphatic carbocycles. The summed E-state index contributed by atoms with van der Waals surface area (Å²) in [6, 6.07) is 9.15. The average molecular weight is 235 g/mol. The van der Waals surface area contributed by atoms with E-state index in [4.69, 9.17) is 9.47 Å². The molecule has 1 saturated heterocycles. The number of ether oxygens (including phenoxy) is 2. The van der Waals surface area contributed by atoms with Crippen LogP contribution in [0.2, 0.25) is 0 Å². The van der Waals surface area contributed by atoms with Gasteiger partial charge >= 0.3 is 6.09 Å². The van der Waals surface area contributed by atoms with Crippen molar-refractivity contribution in [1.82, 2.24) is 4.90 Å². The summed E-state index contributed by atoms with van der Waals surface area (Å²) in [5.41, 5.74) is 0. The molecule has 92 valence electrons. The van der Waals surface area contributed by atoms with Crippen molar-refractivity contribution < 1.29 is 14.3 Å². The second-order valence-electron chi connectivity index (χ2n) is 4.19. The summed E-state index contributed by atoms with van der Waals surface area (Å²) in [4.78, 5) is 13.7. The minimum atomic E-state index is -0.307. The predicted octanol–water partition coefficient (Wildman–Crippen LogP) is 2.29. The Hall–Kier alpha value is -1.55. The molecule has 1 aliphatic heterocycles. The average Bonchev–Trinajstić information content (AvgIpc) is 2.34. The molecule has 0 saturated carbocycles. The van der Waals surface area contributed by atoms with Gasteiger partial charge in [-0.05, 0) is 26.0 Å². The molecule has 1 aromatic rings. The van der Waals surface area contributed by atoms with Crippen LogP contribution >= 0.6 is 0 Å². The second-order valence-corrected chi connectivity index (χ2v) is 4.19. The minimum absolute atomic E-state index is 0.0416. The highest BCUT2D eigenvalue weighted by molar-refractivity contribution is 5.71. The summed E-state index contributed by atoms with van der Waals surface area (Å²) < 4.78 is 10.8. The van der Waals surface area contributed by atoms with Crippen LogP contribution in [0.5, 0.6) is 5.75 Å². The molecular formula is C13H17NO3. The van der Waals surface area contributed by atoms with Crippen LogP contribution in [0.25, 0.3) is 0 Å². The zero-order valence-corrected chi connectivity index (χ0v) is 10.1. The molecular weight excluding hydrogens is 218 g/mol. The highest BCUT2D eigenvalue weighted by Gasteiger charge is 2.30. The number of para-hydroxylation sites is 1. The number of hydrogen-bond donors (Lipinski definition) is 0. The summed E-state index contributed by atoms with van der Waals surface area (Å²) >= 11 is 0. The van der Waals surface area contributed by atoms with Gasteiger partial charge in [0.25, 0.3) is 0 Å². The van der Waals surface area contributed by atoms with Crippen molar-refractivity contribution in [3.05, 3.63) is 30.3 Å². The molecule has 4 heteroatoms. The third kappa shape index (κ3) is 2.77. The number of hydrogen-bond acceptors (Lipinski definition) is 3. The van der Waals surface area contributed by atoms with E-state index in [-0.39, 0.29) is 18.2 Å². The van der Waals surface area contributed by atoms with E-state index in [1.165, 1.54) is 0 Å². The van der Waals surface area contributed by atoms with Gasteiger partial charge in [0.05, 0.1) is 18.8 Å². The third-order valence-electron chi connectivity index (χ3n) is 3.07. The van der Waals surface area contributed by atoms with Crippen LogP contribution < -0.4 is 4.74 Å². The molecule has 1 aromatic carbocycles. The van der Waals surface area contributed by atoms with Crippen molar-refractivity contribution in [3.63, 3.8) is 0 Å². The lowest BCUT2D eigenvalue weighted by atomic mass is 10.1. The topological polar surface area (TPSA) is 38.8 Å². The molecule has 17 heavy (non-hydrogen) atoms. The first kappa shape index (κ1) is 11.9. The maximum Gasteiger partial charge on any atom is 0.415 e. The Bertz CT molecular complexity index is 380. The second kappa shape index (κ2) is 5.19. The number of benzene rings is 1. The molecule has 1 aliphatic rings. The Morgan fingerprint density at radius 3 is 2.76 bits per heavy atom. The van der Waals surface area contributed by atoms with Crippen LogP contribution in [0.4, 0.5) is 4.79 Å². The first-order chi connectivity index (χ1) is 8.18. The Morgan fingerprint density at radius 1 is 1.35 bits per heavy atom. The van der Waals surface area contributed by atoms with E-state index in [1.807, 2.05) is 32.0 Å². The van der Waals surface area contributed by atoms with Crippen LogP contribution in [0.3, 0.4) is 0 Å². The Morgan fingerprint density at radius 2 is 2.06 bits per heavy atom. The van der Waals surface area contributed by atoms with E-state index in [1.54, 1.807) is 17.0 Å². The first-order valence-corrected chi connectivity index (χ1v) is 5.83. The van der Waals surface area contributed by atoms with Gasteiger partial charge in [-0.15, -0.1) is 0 Å². The lowest BCUT2D eigenvalue weighted by Gasteiger charge is -2.36. The summed E-state index contributed by atoms with van der Waals surface area (Å²) in [6.07, 6.45) is -0.258. The van der Waals surface area contributed by atoms with Gasteiger partial charge in [-0.1, -0.05) is 18.2 Å². The monoisotopic (exact) mass is 235 g/mol. The smallest absolute Gasteiger partial charge is 0.410 e. The van der Waals surface area contributed by atoms with Gasteiger partial charge in [-0.2, -0.15) is 0 Å². The number of carbonyl (C=O) groups is 1. The molecule has 0 aromatic heterocycles. The molecule has 2 rings (SSSR count). The number of amides is 1. The highest BCUT2D eigenvalue weighted by Crippen LogP contribution is 2.16. The molecule has 1 amide bonds. The van der Waals surface area contributed by atoms with Gasteiger partial charge in [-0.25, -0.2) is 4.79 Å². The maximum atomic E-state index is 12.0. The predicted molar refractivity (Wildman–Crippen MR) is 64.0 cm³/mol. The Balaban J connectivity index is 2.00. The van der Waals surface area contributed by atoms with Gasteiger partial charge in [0.15, 0.2) is 0 Å². The van der Waals surface area contributed by atoms with Gasteiger partial charge < -0.3 is 14.4 Å². The fraction of sp³-hybridized carbons (Fsp3) is 0.462. The van der Waals surface area contributed by atoms with Crippen molar-refractivity contribution in [2.24, 2.45) is 0 Å². The number of carbonyl (C=O) groups excluding carboxylic acids is 1. The van der Waals surface area contributed by atoms with E-state index in [2.05, 4.69) is 0 Å². The minimum Gasteiger partial charge on any atom is -0.410 e. The zero-order chi connectivity index (χ0) is 12.3. The van der Waals surface area contributed by atoms with Crippen LogP contribution in [-0.4, -0.2) is 36.3 Å². The Kier molecular flexibility index (Phi) is 3.64. The molecule has 4 nitrogen and oxygen atoms in total. The van der Waals surface area contributed by atoms with Gasteiger partial charge in [0, 0.05) is 6.54 Å². The van der Waals surface area contributed by atoms with Crippen molar-refractivity contribution in [2.75, 3.05) is 13.2 Å². The SMILES string of the molecule is CC1OCCN(C(=O)Oc2ccccc2)C1C.